The predicted octanol–water partition coefficient (Wildman–Crippen LogP) is 0.476. The molecular weight excluding hydrogens is 212 g/mol. The minimum Gasteiger partial charge on any atom is -0.305 e. The molecule has 15 heavy (non-hydrogen) atoms. The highest BCUT2D eigenvalue weighted by molar-refractivity contribution is 7.98. The molecule has 0 aliphatic carbocycles. The van der Waals surface area contributed by atoms with E-state index in [2.05, 4.69) is 11.6 Å². The Morgan fingerprint density at radius 3 is 2.73 bits per heavy atom. The zero-order chi connectivity index (χ0) is 11.3. The zero-order valence-corrected chi connectivity index (χ0v) is 10.1. The second kappa shape index (κ2) is 6.12. The molecule has 4 nitrogen and oxygen atoms in total. The molecule has 0 spiro atoms. The van der Waals surface area contributed by atoms with Gasteiger partial charge < -0.3 is 5.32 Å². The van der Waals surface area contributed by atoms with Crippen LogP contribution in [0, 0.1) is 0 Å². The molecule has 0 aromatic rings. The molecule has 1 saturated heterocycles. The highest BCUT2D eigenvalue weighted by atomic mass is 32.2. The van der Waals surface area contributed by atoms with Gasteiger partial charge in [0.1, 0.15) is 0 Å². The fraction of sp³-hybridized carbons (Fsp3) is 0.800. The molecule has 1 fully saturated rings. The van der Waals surface area contributed by atoms with Crippen molar-refractivity contribution in [3.05, 3.63) is 0 Å². The first-order valence-electron chi connectivity index (χ1n) is 5.19. The van der Waals surface area contributed by atoms with Gasteiger partial charge in [-0.3, -0.25) is 14.5 Å². The van der Waals surface area contributed by atoms with Gasteiger partial charge in [0, 0.05) is 7.05 Å². The fourth-order valence-corrected chi connectivity index (χ4v) is 2.06. The first-order chi connectivity index (χ1) is 7.16. The van der Waals surface area contributed by atoms with Gasteiger partial charge in [0.05, 0.1) is 12.5 Å². The summed E-state index contributed by atoms with van der Waals surface area (Å²) in [5.74, 6) is 0.977. The van der Waals surface area contributed by atoms with E-state index in [1.807, 2.05) is 11.8 Å². The largest absolute Gasteiger partial charge is 0.305 e. The number of likely N-dealkylation sites (tertiary alicyclic amines) is 1. The summed E-state index contributed by atoms with van der Waals surface area (Å²) in [6.45, 7) is 0.818. The summed E-state index contributed by atoms with van der Waals surface area (Å²) in [5, 5.41) is 3.13. The summed E-state index contributed by atoms with van der Waals surface area (Å²) in [6.07, 6.45) is 4.61. The van der Waals surface area contributed by atoms with Gasteiger partial charge in [0.25, 0.3) is 0 Å². The number of hydrogen-bond acceptors (Lipinski definition) is 4. The molecule has 5 heteroatoms. The third kappa shape index (κ3) is 3.50. The molecule has 0 bridgehead atoms. The Kier molecular flexibility index (Phi) is 5.11. The summed E-state index contributed by atoms with van der Waals surface area (Å²) in [6, 6.07) is -0.281. The van der Waals surface area contributed by atoms with Crippen molar-refractivity contribution < 1.29 is 9.59 Å². The van der Waals surface area contributed by atoms with Gasteiger partial charge in [0.2, 0.25) is 11.8 Å². The highest BCUT2D eigenvalue weighted by Gasteiger charge is 2.35. The molecule has 1 N–H and O–H groups in total. The number of hydrogen-bond donors (Lipinski definition) is 1. The highest BCUT2D eigenvalue weighted by Crippen LogP contribution is 2.10. The molecule has 86 valence electrons. The smallest absolute Gasteiger partial charge is 0.246 e. The Bertz CT molecular complexity index is 246. The number of carbonyl (C=O) groups excluding carboxylic acids is 2. The van der Waals surface area contributed by atoms with Crippen LogP contribution in [0.5, 0.6) is 0 Å². The lowest BCUT2D eigenvalue weighted by atomic mass is 10.2. The normalized spacial score (nSPS) is 21.5. The average Bonchev–Trinajstić information content (AvgIpc) is 2.46. The maximum atomic E-state index is 11.5. The summed E-state index contributed by atoms with van der Waals surface area (Å²) >= 11 is 1.83. The van der Waals surface area contributed by atoms with Gasteiger partial charge in [-0.05, 0) is 31.4 Å². The number of imide groups is 1. The summed E-state index contributed by atoms with van der Waals surface area (Å²) in [4.78, 5) is 23.9. The fourth-order valence-electron chi connectivity index (χ4n) is 1.56. The Hall–Kier alpha value is -0.550. The maximum Gasteiger partial charge on any atom is 0.246 e. The third-order valence-electron chi connectivity index (χ3n) is 2.55. The van der Waals surface area contributed by atoms with E-state index in [-0.39, 0.29) is 17.9 Å². The van der Waals surface area contributed by atoms with Crippen LogP contribution in [0.4, 0.5) is 0 Å². The van der Waals surface area contributed by atoms with Gasteiger partial charge in [-0.1, -0.05) is 0 Å². The third-order valence-corrected chi connectivity index (χ3v) is 3.24. The van der Waals surface area contributed by atoms with E-state index in [1.54, 1.807) is 7.05 Å². The molecule has 0 saturated carbocycles. The van der Waals surface area contributed by atoms with E-state index in [0.717, 1.165) is 25.1 Å². The van der Waals surface area contributed by atoms with Crippen LogP contribution < -0.4 is 5.32 Å². The van der Waals surface area contributed by atoms with E-state index in [4.69, 9.17) is 0 Å². The van der Waals surface area contributed by atoms with Crippen molar-refractivity contribution in [3.8, 4) is 0 Å². The van der Waals surface area contributed by atoms with Crippen LogP contribution in [0.3, 0.4) is 0 Å². The Balaban J connectivity index is 2.17. The number of nitrogens with zero attached hydrogens (tertiary/aromatic N) is 1. The molecule has 0 radical (unpaired) electrons. The second-order valence-electron chi connectivity index (χ2n) is 3.70. The minimum atomic E-state index is -0.281. The molecule has 2 amide bonds. The molecule has 1 heterocycles. The summed E-state index contributed by atoms with van der Waals surface area (Å²) < 4.78 is 0. The zero-order valence-electron chi connectivity index (χ0n) is 9.28. The number of carbonyl (C=O) groups is 2. The van der Waals surface area contributed by atoms with Gasteiger partial charge in [-0.2, -0.15) is 11.8 Å². The van der Waals surface area contributed by atoms with Crippen molar-refractivity contribution in [2.45, 2.75) is 25.3 Å². The van der Waals surface area contributed by atoms with E-state index < -0.39 is 0 Å². The molecule has 1 unspecified atom stereocenters. The van der Waals surface area contributed by atoms with Gasteiger partial charge in [-0.25, -0.2) is 0 Å². The maximum absolute atomic E-state index is 11.5. The molecule has 0 aromatic carbocycles. The van der Waals surface area contributed by atoms with Crippen LogP contribution >= 0.6 is 11.8 Å². The van der Waals surface area contributed by atoms with Gasteiger partial charge in [0.15, 0.2) is 0 Å². The molecule has 1 atom stereocenters. The number of thioether (sulfide) groups is 1. The number of nitrogens with one attached hydrogen (secondary N) is 1. The lowest BCUT2D eigenvalue weighted by Crippen LogP contribution is -2.37. The predicted molar refractivity (Wildman–Crippen MR) is 61.8 cm³/mol. The SMILES string of the molecule is CSCCCCNC1CC(=O)N(C)C1=O. The van der Waals surface area contributed by atoms with Crippen LogP contribution in [-0.2, 0) is 9.59 Å². The van der Waals surface area contributed by atoms with Crippen molar-refractivity contribution in [1.29, 1.82) is 0 Å². The van der Waals surface area contributed by atoms with E-state index in [9.17, 15) is 9.59 Å². The van der Waals surface area contributed by atoms with Crippen molar-refractivity contribution in [2.24, 2.45) is 0 Å². The first kappa shape index (κ1) is 12.5. The molecule has 1 aliphatic rings. The average molecular weight is 230 g/mol. The number of amides is 2. The monoisotopic (exact) mass is 230 g/mol. The standard InChI is InChI=1S/C10H18N2O2S/c1-12-9(13)7-8(10(12)14)11-5-3-4-6-15-2/h8,11H,3-7H2,1-2H3. The Morgan fingerprint density at radius 1 is 1.47 bits per heavy atom. The van der Waals surface area contributed by atoms with Crippen LogP contribution in [0.1, 0.15) is 19.3 Å². The van der Waals surface area contributed by atoms with E-state index in [1.165, 1.54) is 4.90 Å². The summed E-state index contributed by atoms with van der Waals surface area (Å²) in [7, 11) is 1.54. The van der Waals surface area contributed by atoms with Crippen LogP contribution in [-0.4, -0.2) is 48.4 Å². The van der Waals surface area contributed by atoms with Crippen molar-refractivity contribution in [3.63, 3.8) is 0 Å². The number of unbranched alkanes of at least 4 members (excludes halogenated alkanes) is 1. The van der Waals surface area contributed by atoms with Crippen LogP contribution in [0.15, 0.2) is 0 Å². The molecule has 1 aliphatic heterocycles. The molecular formula is C10H18N2O2S. The lowest BCUT2D eigenvalue weighted by Gasteiger charge is -2.10. The molecule has 1 rings (SSSR count). The van der Waals surface area contributed by atoms with E-state index in [0.29, 0.717) is 6.42 Å². The Labute approximate surface area is 94.8 Å². The van der Waals surface area contributed by atoms with Gasteiger partial charge in [-0.15, -0.1) is 0 Å². The first-order valence-corrected chi connectivity index (χ1v) is 6.59. The number of rotatable bonds is 6. The van der Waals surface area contributed by atoms with Crippen molar-refractivity contribution in [2.75, 3.05) is 25.6 Å². The second-order valence-corrected chi connectivity index (χ2v) is 4.69. The van der Waals surface area contributed by atoms with Crippen LogP contribution in [0.2, 0.25) is 0 Å². The summed E-state index contributed by atoms with van der Waals surface area (Å²) in [5.41, 5.74) is 0. The van der Waals surface area contributed by atoms with E-state index >= 15 is 0 Å². The Morgan fingerprint density at radius 2 is 2.20 bits per heavy atom. The molecule has 0 aromatic heterocycles. The van der Waals surface area contributed by atoms with Crippen molar-refractivity contribution >= 4 is 23.6 Å². The van der Waals surface area contributed by atoms with Crippen molar-refractivity contribution in [1.82, 2.24) is 10.2 Å². The quantitative estimate of drug-likeness (QED) is 0.532. The van der Waals surface area contributed by atoms with Gasteiger partial charge >= 0.3 is 0 Å². The topological polar surface area (TPSA) is 49.4 Å². The van der Waals surface area contributed by atoms with Crippen LogP contribution in [0.25, 0.3) is 0 Å². The minimum absolute atomic E-state index is 0.0818. The number of likely N-dealkylation sites (N-methyl/N-ethyl adjacent to an activating group) is 1. The lowest BCUT2D eigenvalue weighted by molar-refractivity contribution is -0.137.